The molecule has 0 bridgehead atoms. The Morgan fingerprint density at radius 3 is 1.91 bits per heavy atom. The number of aliphatic hydroxyl groups excluding tert-OH is 1. The van der Waals surface area contributed by atoms with Crippen LogP contribution in [0.15, 0.2) is 18.2 Å². The van der Waals surface area contributed by atoms with Crippen LogP contribution in [0.4, 0.5) is 45.2 Å². The lowest BCUT2D eigenvalue weighted by atomic mass is 10.1. The van der Waals surface area contributed by atoms with E-state index in [2.05, 4.69) is 4.74 Å². The highest BCUT2D eigenvalue weighted by Gasteiger charge is 2.41. The van der Waals surface area contributed by atoms with Gasteiger partial charge in [0.15, 0.2) is 0 Å². The molecule has 2 N–H and O–H groups in total. The molecule has 0 aliphatic rings. The van der Waals surface area contributed by atoms with Crippen molar-refractivity contribution in [2.75, 3.05) is 5.32 Å². The molecule has 0 fully saturated rings. The van der Waals surface area contributed by atoms with Crippen LogP contribution in [0.2, 0.25) is 0 Å². The fourth-order valence-corrected chi connectivity index (χ4v) is 1.29. The predicted octanol–water partition coefficient (Wildman–Crippen LogP) is 3.90. The molecule has 1 aromatic rings. The molecule has 0 saturated carbocycles. The zero-order chi connectivity index (χ0) is 17.3. The molecule has 0 heterocycles. The largest absolute Gasteiger partial charge is 0.573 e. The zero-order valence-corrected chi connectivity index (χ0v) is 10.1. The van der Waals surface area contributed by atoms with Gasteiger partial charge in [-0.2, -0.15) is 26.3 Å². The Balaban J connectivity index is 3.16. The quantitative estimate of drug-likeness (QED) is 0.646. The van der Waals surface area contributed by atoms with Crippen molar-refractivity contribution in [3.05, 3.63) is 23.8 Å². The van der Waals surface area contributed by atoms with Crippen LogP contribution < -0.4 is 10.1 Å². The van der Waals surface area contributed by atoms with E-state index in [9.17, 15) is 39.5 Å². The average Bonchev–Trinajstić information content (AvgIpc) is 2.26. The molecule has 0 spiro atoms. The van der Waals surface area contributed by atoms with Crippen LogP contribution in [0.3, 0.4) is 0 Å². The van der Waals surface area contributed by atoms with E-state index < -0.39 is 41.9 Å². The smallest absolute Gasteiger partial charge is 0.405 e. The molecule has 0 aromatic heterocycles. The van der Waals surface area contributed by atoms with Gasteiger partial charge in [0.1, 0.15) is 5.75 Å². The van der Waals surface area contributed by atoms with Crippen LogP contribution in [-0.2, 0) is 6.18 Å². The van der Waals surface area contributed by atoms with Crippen LogP contribution in [0.1, 0.15) is 5.56 Å². The van der Waals surface area contributed by atoms with E-state index >= 15 is 0 Å². The predicted molar refractivity (Wildman–Crippen MR) is 53.8 cm³/mol. The van der Waals surface area contributed by atoms with Gasteiger partial charge < -0.3 is 15.2 Å². The molecule has 0 radical (unpaired) electrons. The average molecular weight is 343 g/mol. The molecule has 22 heavy (non-hydrogen) atoms. The van der Waals surface area contributed by atoms with E-state index in [1.165, 1.54) is 5.32 Å². The molecule has 3 nitrogen and oxygen atoms in total. The minimum Gasteiger partial charge on any atom is -0.405 e. The summed E-state index contributed by atoms with van der Waals surface area (Å²) in [5.41, 5.74) is -2.85. The second-order valence-corrected chi connectivity index (χ2v) is 3.84. The first-order chi connectivity index (χ1) is 9.70. The second-order valence-electron chi connectivity index (χ2n) is 3.84. The third-order valence-electron chi connectivity index (χ3n) is 2.12. The Morgan fingerprint density at radius 1 is 0.955 bits per heavy atom. The molecule has 12 heteroatoms. The first-order valence-electron chi connectivity index (χ1n) is 5.18. The molecule has 0 saturated heterocycles. The number of hydrogen-bond acceptors (Lipinski definition) is 3. The minimum absolute atomic E-state index is 0.0456. The number of nitrogens with one attached hydrogen (secondary N) is 1. The number of anilines is 1. The first-order valence-corrected chi connectivity index (χ1v) is 5.18. The van der Waals surface area contributed by atoms with Crippen LogP contribution in [0, 0.1) is 0 Å². The van der Waals surface area contributed by atoms with E-state index in [4.69, 9.17) is 5.11 Å². The number of benzene rings is 1. The Morgan fingerprint density at radius 2 is 1.50 bits per heavy atom. The van der Waals surface area contributed by atoms with Gasteiger partial charge in [-0.25, -0.2) is 0 Å². The van der Waals surface area contributed by atoms with Gasteiger partial charge in [0.25, 0.3) is 0 Å². The van der Waals surface area contributed by atoms with E-state index in [1.807, 2.05) is 0 Å². The molecule has 0 aliphatic heterocycles. The van der Waals surface area contributed by atoms with Crippen molar-refractivity contribution in [1.82, 2.24) is 0 Å². The summed E-state index contributed by atoms with van der Waals surface area (Å²) in [5.74, 6) is -1.63. The van der Waals surface area contributed by atoms with Crippen LogP contribution in [0.25, 0.3) is 0 Å². The topological polar surface area (TPSA) is 41.5 Å². The SMILES string of the molecule is O[C@H](Nc1ccc(OC(F)(F)F)c(C(F)(F)F)c1)C(F)(F)F. The fourth-order valence-electron chi connectivity index (χ4n) is 1.29. The lowest BCUT2D eigenvalue weighted by Crippen LogP contribution is -2.35. The summed E-state index contributed by atoms with van der Waals surface area (Å²) in [5, 5.41) is 9.94. The van der Waals surface area contributed by atoms with Gasteiger partial charge in [0.2, 0.25) is 6.23 Å². The maximum absolute atomic E-state index is 12.6. The number of halogens is 9. The van der Waals surface area contributed by atoms with E-state index in [-0.39, 0.29) is 12.1 Å². The van der Waals surface area contributed by atoms with Crippen molar-refractivity contribution in [3.63, 3.8) is 0 Å². The minimum atomic E-state index is -5.42. The molecule has 1 aromatic carbocycles. The molecular weight excluding hydrogens is 337 g/mol. The monoisotopic (exact) mass is 343 g/mol. The molecule has 1 atom stereocenters. The van der Waals surface area contributed by atoms with Crippen LogP contribution >= 0.6 is 0 Å². The molecule has 0 amide bonds. The fraction of sp³-hybridized carbons (Fsp3) is 0.400. The highest BCUT2D eigenvalue weighted by molar-refractivity contribution is 5.52. The van der Waals surface area contributed by atoms with Gasteiger partial charge in [-0.05, 0) is 18.2 Å². The van der Waals surface area contributed by atoms with Crippen molar-refractivity contribution in [1.29, 1.82) is 0 Å². The third kappa shape index (κ3) is 5.16. The summed E-state index contributed by atoms with van der Waals surface area (Å²) in [6.07, 6.45) is -19.1. The van der Waals surface area contributed by atoms with Gasteiger partial charge in [-0.1, -0.05) is 0 Å². The molecule has 0 aliphatic carbocycles. The molecule has 1 rings (SSSR count). The lowest BCUT2D eigenvalue weighted by Gasteiger charge is -2.20. The van der Waals surface area contributed by atoms with Gasteiger partial charge in [-0.15, -0.1) is 13.2 Å². The van der Waals surface area contributed by atoms with Gasteiger partial charge in [0.05, 0.1) is 5.56 Å². The summed E-state index contributed by atoms with van der Waals surface area (Å²) in [4.78, 5) is 0. The Bertz CT molecular complexity index is 521. The standard InChI is InChI=1S/C10H6F9NO2/c11-8(12,13)5-3-4(20-7(21)9(14,15)16)1-2-6(5)22-10(17,18)19/h1-3,7,20-21H/t7-/m0/s1. The number of rotatable bonds is 3. The maximum atomic E-state index is 12.6. The number of ether oxygens (including phenoxy) is 1. The highest BCUT2D eigenvalue weighted by Crippen LogP contribution is 2.40. The number of aliphatic hydroxyl groups is 1. The summed E-state index contributed by atoms with van der Waals surface area (Å²) >= 11 is 0. The summed E-state index contributed by atoms with van der Waals surface area (Å²) in [7, 11) is 0. The first kappa shape index (κ1) is 18.2. The normalized spacial score (nSPS) is 14.6. The van der Waals surface area contributed by atoms with Crippen molar-refractivity contribution < 1.29 is 49.4 Å². The van der Waals surface area contributed by atoms with Crippen molar-refractivity contribution in [2.45, 2.75) is 24.9 Å². The highest BCUT2D eigenvalue weighted by atomic mass is 19.4. The van der Waals surface area contributed by atoms with E-state index in [1.54, 1.807) is 0 Å². The number of alkyl halides is 9. The molecule has 0 unspecified atom stereocenters. The Kier molecular flexibility index (Phi) is 4.75. The second kappa shape index (κ2) is 5.74. The van der Waals surface area contributed by atoms with E-state index in [0.717, 1.165) is 0 Å². The third-order valence-corrected chi connectivity index (χ3v) is 2.12. The van der Waals surface area contributed by atoms with Crippen molar-refractivity contribution in [2.24, 2.45) is 0 Å². The summed E-state index contributed by atoms with van der Waals surface area (Å²) in [6.45, 7) is 0. The van der Waals surface area contributed by atoms with Crippen LogP contribution in [0.5, 0.6) is 5.75 Å². The lowest BCUT2D eigenvalue weighted by molar-refractivity contribution is -0.276. The van der Waals surface area contributed by atoms with Crippen molar-refractivity contribution in [3.8, 4) is 5.75 Å². The maximum Gasteiger partial charge on any atom is 0.573 e. The van der Waals surface area contributed by atoms with Crippen molar-refractivity contribution >= 4 is 5.69 Å². The van der Waals surface area contributed by atoms with Gasteiger partial charge >= 0.3 is 18.7 Å². The van der Waals surface area contributed by atoms with Gasteiger partial charge in [0, 0.05) is 5.69 Å². The number of hydrogen-bond donors (Lipinski definition) is 2. The van der Waals surface area contributed by atoms with Gasteiger partial charge in [-0.3, -0.25) is 0 Å². The summed E-state index contributed by atoms with van der Waals surface area (Å²) < 4.78 is 113. The van der Waals surface area contributed by atoms with E-state index in [0.29, 0.717) is 6.07 Å². The zero-order valence-electron chi connectivity index (χ0n) is 10.1. The Labute approximate surface area is 116 Å². The van der Waals surface area contributed by atoms with Crippen LogP contribution in [-0.4, -0.2) is 23.9 Å². The summed E-state index contributed by atoms with van der Waals surface area (Å²) in [6, 6.07) is 0.600. The molecule has 126 valence electrons. The Hall–Kier alpha value is -1.85. The molecular formula is C10H6F9NO2.